The minimum absolute atomic E-state index is 0.304. The Balaban J connectivity index is 2.51. The van der Waals surface area contributed by atoms with Gasteiger partial charge in [0, 0.05) is 19.0 Å². The molecular formula is C12H24N2O. The Morgan fingerprint density at radius 3 is 2.80 bits per heavy atom. The van der Waals surface area contributed by atoms with Crippen LogP contribution in [-0.4, -0.2) is 29.9 Å². The van der Waals surface area contributed by atoms with Gasteiger partial charge in [-0.15, -0.1) is 0 Å². The Morgan fingerprint density at radius 1 is 1.47 bits per heavy atom. The molecule has 1 amide bonds. The van der Waals surface area contributed by atoms with Crippen LogP contribution in [0.15, 0.2) is 0 Å². The number of piperidine rings is 1. The minimum atomic E-state index is 0.304. The molecule has 0 aromatic rings. The van der Waals surface area contributed by atoms with Crippen LogP contribution in [0.4, 0.5) is 0 Å². The van der Waals surface area contributed by atoms with Crippen LogP contribution in [-0.2, 0) is 4.79 Å². The quantitative estimate of drug-likeness (QED) is 0.772. The number of rotatable bonds is 4. The lowest BCUT2D eigenvalue weighted by Gasteiger charge is -2.38. The summed E-state index contributed by atoms with van der Waals surface area (Å²) in [5.74, 6) is 0.881. The Hall–Kier alpha value is -0.570. The summed E-state index contributed by atoms with van der Waals surface area (Å²) >= 11 is 0. The molecule has 3 heteroatoms. The highest BCUT2D eigenvalue weighted by molar-refractivity contribution is 5.76. The van der Waals surface area contributed by atoms with Gasteiger partial charge in [-0.2, -0.15) is 0 Å². The van der Waals surface area contributed by atoms with Gasteiger partial charge >= 0.3 is 0 Å². The van der Waals surface area contributed by atoms with E-state index >= 15 is 0 Å². The maximum absolute atomic E-state index is 11.9. The molecule has 1 rings (SSSR count). The molecule has 0 radical (unpaired) electrons. The highest BCUT2D eigenvalue weighted by Crippen LogP contribution is 2.23. The molecule has 1 saturated heterocycles. The standard InChI is InChI=1S/C12H24N2O/c1-10(2)11-6-3-4-9-14(11)12(15)7-5-8-13/h10-11H,3-9,13H2,1-2H3. The number of hydrogen-bond acceptors (Lipinski definition) is 2. The van der Waals surface area contributed by atoms with Crippen LogP contribution < -0.4 is 5.73 Å². The minimum Gasteiger partial charge on any atom is -0.339 e. The Morgan fingerprint density at radius 2 is 2.20 bits per heavy atom. The van der Waals surface area contributed by atoms with Gasteiger partial charge in [0.25, 0.3) is 0 Å². The van der Waals surface area contributed by atoms with Crippen molar-refractivity contribution in [3.8, 4) is 0 Å². The van der Waals surface area contributed by atoms with E-state index < -0.39 is 0 Å². The molecule has 0 aromatic heterocycles. The maximum atomic E-state index is 11.9. The third-order valence-corrected chi connectivity index (χ3v) is 3.23. The van der Waals surface area contributed by atoms with Gasteiger partial charge in [-0.1, -0.05) is 13.8 Å². The van der Waals surface area contributed by atoms with Crippen molar-refractivity contribution in [1.29, 1.82) is 0 Å². The molecule has 0 aromatic carbocycles. The summed E-state index contributed by atoms with van der Waals surface area (Å²) < 4.78 is 0. The number of likely N-dealkylation sites (tertiary alicyclic amines) is 1. The van der Waals surface area contributed by atoms with E-state index in [-0.39, 0.29) is 0 Å². The SMILES string of the molecule is CC(C)C1CCCCN1C(=O)CCCN. The van der Waals surface area contributed by atoms with E-state index in [1.54, 1.807) is 0 Å². The molecule has 15 heavy (non-hydrogen) atoms. The van der Waals surface area contributed by atoms with Gasteiger partial charge in [0.15, 0.2) is 0 Å². The van der Waals surface area contributed by atoms with Crippen molar-refractivity contribution in [3.63, 3.8) is 0 Å². The first kappa shape index (κ1) is 12.5. The maximum Gasteiger partial charge on any atom is 0.222 e. The third kappa shape index (κ3) is 3.49. The van der Waals surface area contributed by atoms with Gasteiger partial charge in [-0.3, -0.25) is 4.79 Å². The fourth-order valence-electron chi connectivity index (χ4n) is 2.36. The average Bonchev–Trinajstić information content (AvgIpc) is 2.25. The van der Waals surface area contributed by atoms with Gasteiger partial charge in [0.2, 0.25) is 5.91 Å². The fourth-order valence-corrected chi connectivity index (χ4v) is 2.36. The molecule has 1 heterocycles. The first-order valence-electron chi connectivity index (χ1n) is 6.16. The molecule has 1 fully saturated rings. The van der Waals surface area contributed by atoms with Crippen molar-refractivity contribution in [2.75, 3.05) is 13.1 Å². The van der Waals surface area contributed by atoms with E-state index in [2.05, 4.69) is 18.7 Å². The summed E-state index contributed by atoms with van der Waals surface area (Å²) in [5, 5.41) is 0. The van der Waals surface area contributed by atoms with Crippen molar-refractivity contribution in [1.82, 2.24) is 4.90 Å². The predicted octanol–water partition coefficient (Wildman–Crippen LogP) is 1.76. The highest BCUT2D eigenvalue weighted by Gasteiger charge is 2.27. The number of carbonyl (C=O) groups excluding carboxylic acids is 1. The molecule has 2 N–H and O–H groups in total. The first-order chi connectivity index (χ1) is 7.16. The van der Waals surface area contributed by atoms with E-state index in [0.29, 0.717) is 30.8 Å². The van der Waals surface area contributed by atoms with Crippen LogP contribution in [0.3, 0.4) is 0 Å². The predicted molar refractivity (Wildman–Crippen MR) is 62.5 cm³/mol. The Kier molecular flexibility index (Phi) is 5.09. The van der Waals surface area contributed by atoms with Crippen molar-refractivity contribution < 1.29 is 4.79 Å². The van der Waals surface area contributed by atoms with Gasteiger partial charge < -0.3 is 10.6 Å². The molecule has 0 aliphatic carbocycles. The average molecular weight is 212 g/mol. The number of nitrogens with zero attached hydrogens (tertiary/aromatic N) is 1. The summed E-state index contributed by atoms with van der Waals surface area (Å²) in [4.78, 5) is 14.0. The lowest BCUT2D eigenvalue weighted by atomic mass is 9.92. The van der Waals surface area contributed by atoms with E-state index in [4.69, 9.17) is 5.73 Å². The second-order valence-corrected chi connectivity index (χ2v) is 4.79. The molecule has 1 atom stereocenters. The van der Waals surface area contributed by atoms with Gasteiger partial charge in [-0.25, -0.2) is 0 Å². The van der Waals surface area contributed by atoms with Crippen molar-refractivity contribution in [2.45, 2.75) is 52.0 Å². The molecule has 88 valence electrons. The lowest BCUT2D eigenvalue weighted by Crippen LogP contribution is -2.46. The molecule has 3 nitrogen and oxygen atoms in total. The van der Waals surface area contributed by atoms with Gasteiger partial charge in [0.05, 0.1) is 0 Å². The summed E-state index contributed by atoms with van der Waals surface area (Å²) in [6.07, 6.45) is 5.05. The van der Waals surface area contributed by atoms with Crippen LogP contribution in [0, 0.1) is 5.92 Å². The molecule has 0 bridgehead atoms. The normalized spacial score (nSPS) is 22.1. The largest absolute Gasteiger partial charge is 0.339 e. The van der Waals surface area contributed by atoms with Gasteiger partial charge in [0.1, 0.15) is 0 Å². The van der Waals surface area contributed by atoms with Crippen molar-refractivity contribution >= 4 is 5.91 Å². The summed E-state index contributed by atoms with van der Waals surface area (Å²) in [7, 11) is 0. The smallest absolute Gasteiger partial charge is 0.222 e. The van der Waals surface area contributed by atoms with Crippen molar-refractivity contribution in [3.05, 3.63) is 0 Å². The third-order valence-electron chi connectivity index (χ3n) is 3.23. The topological polar surface area (TPSA) is 46.3 Å². The summed E-state index contributed by atoms with van der Waals surface area (Å²) in [6, 6.07) is 0.462. The Labute approximate surface area is 93.0 Å². The second-order valence-electron chi connectivity index (χ2n) is 4.79. The number of nitrogens with two attached hydrogens (primary N) is 1. The van der Waals surface area contributed by atoms with Crippen LogP contribution in [0.1, 0.15) is 46.0 Å². The zero-order valence-electron chi connectivity index (χ0n) is 10.0. The molecule has 1 aliphatic heterocycles. The van der Waals surface area contributed by atoms with Crippen LogP contribution in [0.2, 0.25) is 0 Å². The summed E-state index contributed by atoms with van der Waals surface area (Å²) in [5.41, 5.74) is 5.43. The number of amides is 1. The first-order valence-corrected chi connectivity index (χ1v) is 6.16. The van der Waals surface area contributed by atoms with Gasteiger partial charge in [-0.05, 0) is 38.1 Å². The number of hydrogen-bond donors (Lipinski definition) is 1. The van der Waals surface area contributed by atoms with Crippen LogP contribution in [0.5, 0.6) is 0 Å². The summed E-state index contributed by atoms with van der Waals surface area (Å²) in [6.45, 7) is 5.98. The monoisotopic (exact) mass is 212 g/mol. The molecular weight excluding hydrogens is 188 g/mol. The zero-order chi connectivity index (χ0) is 11.3. The highest BCUT2D eigenvalue weighted by atomic mass is 16.2. The fraction of sp³-hybridized carbons (Fsp3) is 0.917. The lowest BCUT2D eigenvalue weighted by molar-refractivity contribution is -0.136. The Bertz CT molecular complexity index is 204. The van der Waals surface area contributed by atoms with E-state index in [0.717, 1.165) is 19.4 Å². The molecule has 1 aliphatic rings. The van der Waals surface area contributed by atoms with E-state index in [9.17, 15) is 4.79 Å². The van der Waals surface area contributed by atoms with Crippen LogP contribution >= 0.6 is 0 Å². The molecule has 0 spiro atoms. The van der Waals surface area contributed by atoms with E-state index in [1.165, 1.54) is 12.8 Å². The van der Waals surface area contributed by atoms with E-state index in [1.807, 2.05) is 0 Å². The second kappa shape index (κ2) is 6.11. The number of carbonyl (C=O) groups is 1. The molecule has 0 saturated carbocycles. The zero-order valence-corrected chi connectivity index (χ0v) is 10.0. The van der Waals surface area contributed by atoms with Crippen LogP contribution in [0.25, 0.3) is 0 Å². The van der Waals surface area contributed by atoms with Crippen molar-refractivity contribution in [2.24, 2.45) is 11.7 Å². The molecule has 1 unspecified atom stereocenters.